The van der Waals surface area contributed by atoms with E-state index in [1.165, 1.54) is 12.3 Å². The fourth-order valence-electron chi connectivity index (χ4n) is 1.96. The fourth-order valence-corrected chi connectivity index (χ4v) is 2.89. The van der Waals surface area contributed by atoms with Crippen molar-refractivity contribution in [2.24, 2.45) is 0 Å². The van der Waals surface area contributed by atoms with Crippen molar-refractivity contribution in [1.29, 1.82) is 0 Å². The van der Waals surface area contributed by atoms with E-state index in [1.54, 1.807) is 6.07 Å². The summed E-state index contributed by atoms with van der Waals surface area (Å²) in [5.41, 5.74) is 1.21. The zero-order valence-corrected chi connectivity index (χ0v) is 12.5. The second-order valence-electron chi connectivity index (χ2n) is 4.22. The summed E-state index contributed by atoms with van der Waals surface area (Å²) >= 11 is 9.08. The van der Waals surface area contributed by atoms with Gasteiger partial charge in [-0.05, 0) is 28.1 Å². The molecule has 0 atom stereocenters. The second-order valence-corrected chi connectivity index (χ2v) is 5.46. The van der Waals surface area contributed by atoms with Gasteiger partial charge >= 0.3 is 6.18 Å². The van der Waals surface area contributed by atoms with Gasteiger partial charge in [-0.15, -0.1) is 0 Å². The number of nitrogens with zero attached hydrogens (tertiary/aromatic N) is 4. The molecule has 0 aliphatic carbocycles. The van der Waals surface area contributed by atoms with Gasteiger partial charge in [-0.3, -0.25) is 9.78 Å². The van der Waals surface area contributed by atoms with E-state index in [0.29, 0.717) is 10.2 Å². The summed E-state index contributed by atoms with van der Waals surface area (Å²) in [6, 6.07) is 3.02. The number of hydrogen-bond donors (Lipinski definition) is 1. The highest BCUT2D eigenvalue weighted by Crippen LogP contribution is 2.33. The number of pyridine rings is 1. The zero-order chi connectivity index (χ0) is 15.2. The van der Waals surface area contributed by atoms with Crippen molar-refractivity contribution in [3.8, 4) is 11.4 Å². The van der Waals surface area contributed by atoms with Crippen LogP contribution < -0.4 is 0 Å². The van der Waals surface area contributed by atoms with Crippen molar-refractivity contribution in [2.45, 2.75) is 12.7 Å². The van der Waals surface area contributed by atoms with Crippen LogP contribution in [0.2, 0.25) is 5.15 Å². The number of halogens is 5. The minimum Gasteiger partial charge on any atom is -0.276 e. The van der Waals surface area contributed by atoms with E-state index in [9.17, 15) is 13.2 Å². The van der Waals surface area contributed by atoms with Gasteiger partial charge in [-0.25, -0.2) is 4.98 Å². The topological polar surface area (TPSA) is 59.4 Å². The van der Waals surface area contributed by atoms with Gasteiger partial charge in [0.05, 0.1) is 5.69 Å². The number of hydrogen-bond acceptors (Lipinski definition) is 3. The third kappa shape index (κ3) is 2.75. The van der Waals surface area contributed by atoms with Crippen LogP contribution in [0.5, 0.6) is 0 Å². The van der Waals surface area contributed by atoms with Crippen LogP contribution in [-0.4, -0.2) is 31.1 Å². The predicted octanol–water partition coefficient (Wildman–Crippen LogP) is 3.80. The number of aromatic amines is 1. The molecule has 0 spiro atoms. The second kappa shape index (κ2) is 4.99. The minimum absolute atomic E-state index is 0.154. The van der Waals surface area contributed by atoms with Crippen LogP contribution in [0.4, 0.5) is 13.2 Å². The lowest BCUT2D eigenvalue weighted by molar-refractivity contribution is -0.141. The number of rotatable bonds is 2. The van der Waals surface area contributed by atoms with Crippen LogP contribution in [0.15, 0.2) is 22.8 Å². The summed E-state index contributed by atoms with van der Waals surface area (Å²) in [4.78, 5) is 4.08. The van der Waals surface area contributed by atoms with Crippen LogP contribution in [0.25, 0.3) is 22.4 Å². The van der Waals surface area contributed by atoms with Gasteiger partial charge in [-0.2, -0.15) is 23.4 Å². The van der Waals surface area contributed by atoms with Gasteiger partial charge in [0.2, 0.25) is 0 Å². The molecule has 3 heterocycles. The maximum atomic E-state index is 12.7. The van der Waals surface area contributed by atoms with Crippen molar-refractivity contribution in [2.75, 3.05) is 0 Å². The summed E-state index contributed by atoms with van der Waals surface area (Å²) in [5.74, 6) is 0. The molecule has 10 heteroatoms. The summed E-state index contributed by atoms with van der Waals surface area (Å²) < 4.78 is 39.3. The number of fused-ring (bicyclic) bond motifs is 1. The molecule has 0 aliphatic rings. The average molecular weight is 381 g/mol. The molecule has 0 aliphatic heterocycles. The fraction of sp³-hybridized carbons (Fsp3) is 0.182. The normalized spacial score (nSPS) is 12.2. The first kappa shape index (κ1) is 14.3. The van der Waals surface area contributed by atoms with E-state index in [4.69, 9.17) is 11.6 Å². The molecule has 0 unspecified atom stereocenters. The standard InChI is InChI=1S/C11H6BrClF3N5/c12-5-3-7(13)18-9-8(6-1-2-17-19-6)20-21(10(5)9)4-11(14,15)16/h1-3H,4H2,(H,17,19). The molecule has 3 aromatic heterocycles. The maximum absolute atomic E-state index is 12.7. The molecule has 0 bridgehead atoms. The molecule has 3 aromatic rings. The van der Waals surface area contributed by atoms with Crippen LogP contribution in [-0.2, 0) is 6.54 Å². The van der Waals surface area contributed by atoms with Gasteiger partial charge in [0, 0.05) is 10.7 Å². The molecule has 3 rings (SSSR count). The monoisotopic (exact) mass is 379 g/mol. The average Bonchev–Trinajstić information content (AvgIpc) is 2.94. The van der Waals surface area contributed by atoms with Gasteiger partial charge in [0.1, 0.15) is 28.4 Å². The summed E-state index contributed by atoms with van der Waals surface area (Å²) in [7, 11) is 0. The zero-order valence-electron chi connectivity index (χ0n) is 10.1. The van der Waals surface area contributed by atoms with E-state index in [-0.39, 0.29) is 21.9 Å². The molecule has 0 amide bonds. The number of alkyl halides is 3. The lowest BCUT2D eigenvalue weighted by Gasteiger charge is -2.07. The quantitative estimate of drug-likeness (QED) is 0.688. The largest absolute Gasteiger partial charge is 0.408 e. The van der Waals surface area contributed by atoms with Gasteiger partial charge < -0.3 is 0 Å². The Morgan fingerprint density at radius 2 is 2.14 bits per heavy atom. The van der Waals surface area contributed by atoms with Crippen molar-refractivity contribution >= 4 is 38.6 Å². The van der Waals surface area contributed by atoms with E-state index in [1.807, 2.05) is 0 Å². The summed E-state index contributed by atoms with van der Waals surface area (Å²) in [6.45, 7) is -1.22. The van der Waals surface area contributed by atoms with Gasteiger partial charge in [0.15, 0.2) is 0 Å². The molecule has 110 valence electrons. The molecular weight excluding hydrogens is 375 g/mol. The molecule has 0 fully saturated rings. The summed E-state index contributed by atoms with van der Waals surface area (Å²) in [5, 5.41) is 10.6. The Balaban J connectivity index is 2.29. The Morgan fingerprint density at radius 1 is 1.38 bits per heavy atom. The Morgan fingerprint density at radius 3 is 2.76 bits per heavy atom. The van der Waals surface area contributed by atoms with E-state index < -0.39 is 12.7 Å². The molecule has 0 saturated carbocycles. The molecule has 21 heavy (non-hydrogen) atoms. The first-order valence-electron chi connectivity index (χ1n) is 5.64. The van der Waals surface area contributed by atoms with Crippen molar-refractivity contribution < 1.29 is 13.2 Å². The van der Waals surface area contributed by atoms with Crippen molar-refractivity contribution in [3.05, 3.63) is 28.0 Å². The molecule has 1 N–H and O–H groups in total. The van der Waals surface area contributed by atoms with Crippen LogP contribution in [0, 0.1) is 0 Å². The highest BCUT2D eigenvalue weighted by atomic mass is 79.9. The number of aromatic nitrogens is 5. The van der Waals surface area contributed by atoms with Gasteiger partial charge in [-0.1, -0.05) is 11.6 Å². The Labute approximate surface area is 129 Å². The molecule has 0 saturated heterocycles. The lowest BCUT2D eigenvalue weighted by Crippen LogP contribution is -2.18. The molecule has 0 aromatic carbocycles. The third-order valence-electron chi connectivity index (χ3n) is 2.70. The Hall–Kier alpha value is -1.61. The third-order valence-corrected chi connectivity index (χ3v) is 3.50. The van der Waals surface area contributed by atoms with Crippen molar-refractivity contribution in [3.63, 3.8) is 0 Å². The number of nitrogens with one attached hydrogen (secondary N) is 1. The van der Waals surface area contributed by atoms with E-state index in [0.717, 1.165) is 4.68 Å². The SMILES string of the molecule is FC(F)(F)Cn1nc(-c2ccn[nH]2)c2nc(Cl)cc(Br)c21. The van der Waals surface area contributed by atoms with Crippen molar-refractivity contribution in [1.82, 2.24) is 25.0 Å². The Bertz CT molecular complexity index is 796. The highest BCUT2D eigenvalue weighted by molar-refractivity contribution is 9.10. The smallest absolute Gasteiger partial charge is 0.276 e. The van der Waals surface area contributed by atoms with Crippen LogP contribution >= 0.6 is 27.5 Å². The summed E-state index contributed by atoms with van der Waals surface area (Å²) in [6.07, 6.45) is -2.92. The molecule has 0 radical (unpaired) electrons. The molecule has 5 nitrogen and oxygen atoms in total. The first-order chi connectivity index (χ1) is 9.85. The predicted molar refractivity (Wildman–Crippen MR) is 73.9 cm³/mol. The van der Waals surface area contributed by atoms with E-state index in [2.05, 4.69) is 36.2 Å². The lowest BCUT2D eigenvalue weighted by atomic mass is 10.2. The van der Waals surface area contributed by atoms with Crippen LogP contribution in [0.1, 0.15) is 0 Å². The molecular formula is C11H6BrClF3N5. The van der Waals surface area contributed by atoms with E-state index >= 15 is 0 Å². The number of H-pyrrole nitrogens is 1. The van der Waals surface area contributed by atoms with Gasteiger partial charge in [0.25, 0.3) is 0 Å². The maximum Gasteiger partial charge on any atom is 0.408 e. The minimum atomic E-state index is -4.40. The Kier molecular flexibility index (Phi) is 3.40. The highest BCUT2D eigenvalue weighted by Gasteiger charge is 2.31. The van der Waals surface area contributed by atoms with Crippen LogP contribution in [0.3, 0.4) is 0 Å². The first-order valence-corrected chi connectivity index (χ1v) is 6.81.